The van der Waals surface area contributed by atoms with E-state index < -0.39 is 6.10 Å². The molecule has 0 aliphatic heterocycles. The summed E-state index contributed by atoms with van der Waals surface area (Å²) in [5.74, 6) is -0.848. The highest BCUT2D eigenvalue weighted by atomic mass is 16.6. The van der Waals surface area contributed by atoms with Crippen LogP contribution in [0.1, 0.15) is 271 Å². The number of rotatable bonds is 44. The molecule has 0 aliphatic rings. The lowest BCUT2D eigenvalue weighted by Gasteiger charge is -2.18. The Hall–Kier alpha value is -1.59. The average Bonchev–Trinajstić information content (AvgIpc) is 3.17. The largest absolute Gasteiger partial charge is 0.462 e. The van der Waals surface area contributed by atoms with E-state index in [4.69, 9.17) is 14.2 Å². The lowest BCUT2D eigenvalue weighted by molar-refractivity contribution is -0.167. The minimum Gasteiger partial charge on any atom is -0.462 e. The van der Waals surface area contributed by atoms with Crippen LogP contribution in [0, 0.1) is 0 Å². The minimum absolute atomic E-state index is 0.0623. The average molecular weight is 765 g/mol. The van der Waals surface area contributed by atoms with Crippen molar-refractivity contribution in [3.8, 4) is 0 Å². The molecule has 6 heteroatoms. The minimum atomic E-state index is -0.758. The Kier molecular flexibility index (Phi) is 42.8. The van der Waals surface area contributed by atoms with Gasteiger partial charge in [-0.2, -0.15) is 0 Å². The van der Waals surface area contributed by atoms with Crippen molar-refractivity contribution in [1.82, 2.24) is 0 Å². The zero-order valence-corrected chi connectivity index (χ0v) is 36.5. The fourth-order valence-corrected chi connectivity index (χ4v) is 7.21. The van der Waals surface area contributed by atoms with Crippen LogP contribution in [-0.4, -0.2) is 37.2 Å². The van der Waals surface area contributed by atoms with Gasteiger partial charge < -0.3 is 14.2 Å². The second-order valence-corrected chi connectivity index (χ2v) is 16.4. The predicted molar refractivity (Wildman–Crippen MR) is 229 cm³/mol. The van der Waals surface area contributed by atoms with Crippen molar-refractivity contribution in [2.75, 3.05) is 13.2 Å². The van der Waals surface area contributed by atoms with Gasteiger partial charge >= 0.3 is 17.9 Å². The molecule has 0 bridgehead atoms. The third kappa shape index (κ3) is 41.6. The summed E-state index contributed by atoms with van der Waals surface area (Å²) >= 11 is 0. The molecule has 0 spiro atoms. The van der Waals surface area contributed by atoms with Gasteiger partial charge in [-0.15, -0.1) is 0 Å². The molecular formula is C48H92O6. The highest BCUT2D eigenvalue weighted by molar-refractivity contribution is 5.71. The zero-order valence-electron chi connectivity index (χ0n) is 36.5. The van der Waals surface area contributed by atoms with Gasteiger partial charge in [-0.05, 0) is 19.3 Å². The van der Waals surface area contributed by atoms with E-state index in [2.05, 4.69) is 20.8 Å². The topological polar surface area (TPSA) is 78.9 Å². The van der Waals surface area contributed by atoms with Crippen LogP contribution >= 0.6 is 0 Å². The number of hydrogen-bond acceptors (Lipinski definition) is 6. The summed E-state index contributed by atoms with van der Waals surface area (Å²) in [6.07, 6.45) is 45.1. The maximum absolute atomic E-state index is 12.7. The number of ether oxygens (including phenoxy) is 3. The van der Waals surface area contributed by atoms with Gasteiger partial charge in [0.25, 0.3) is 0 Å². The van der Waals surface area contributed by atoms with Gasteiger partial charge in [0.1, 0.15) is 13.2 Å². The van der Waals surface area contributed by atoms with E-state index in [-0.39, 0.29) is 31.1 Å². The van der Waals surface area contributed by atoms with Crippen LogP contribution in [0.4, 0.5) is 0 Å². The van der Waals surface area contributed by atoms with Crippen molar-refractivity contribution in [3.63, 3.8) is 0 Å². The number of carbonyl (C=O) groups is 3. The molecule has 0 heterocycles. The predicted octanol–water partition coefficient (Wildman–Crippen LogP) is 15.3. The molecule has 0 radical (unpaired) electrons. The first-order chi connectivity index (χ1) is 26.5. The SMILES string of the molecule is CCCCCCCCCCCCCCCCC(=O)OC[C@@H](COC(=O)CCCCCCCCCCCC)OC(=O)CCCCCCCCCCCCCC. The van der Waals surface area contributed by atoms with Gasteiger partial charge in [-0.25, -0.2) is 0 Å². The molecule has 0 N–H and O–H groups in total. The first kappa shape index (κ1) is 52.4. The summed E-state index contributed by atoms with van der Waals surface area (Å²) in [4.78, 5) is 37.7. The van der Waals surface area contributed by atoms with Crippen LogP contribution in [0.5, 0.6) is 0 Å². The van der Waals surface area contributed by atoms with Gasteiger partial charge in [-0.3, -0.25) is 14.4 Å². The van der Waals surface area contributed by atoms with E-state index in [1.807, 2.05) is 0 Å². The summed E-state index contributed by atoms with van der Waals surface area (Å²) in [6, 6.07) is 0. The van der Waals surface area contributed by atoms with E-state index >= 15 is 0 Å². The third-order valence-electron chi connectivity index (χ3n) is 10.9. The van der Waals surface area contributed by atoms with Crippen LogP contribution in [0.15, 0.2) is 0 Å². The monoisotopic (exact) mass is 765 g/mol. The lowest BCUT2D eigenvalue weighted by Crippen LogP contribution is -2.30. The zero-order chi connectivity index (χ0) is 39.4. The Morgan fingerprint density at radius 1 is 0.296 bits per heavy atom. The highest BCUT2D eigenvalue weighted by Crippen LogP contribution is 2.16. The molecule has 0 aliphatic carbocycles. The Labute approximate surface area is 336 Å². The van der Waals surface area contributed by atoms with Crippen molar-refractivity contribution < 1.29 is 28.6 Å². The van der Waals surface area contributed by atoms with Crippen LogP contribution in [0.3, 0.4) is 0 Å². The number of esters is 3. The quantitative estimate of drug-likeness (QED) is 0.0349. The molecular weight excluding hydrogens is 673 g/mol. The van der Waals surface area contributed by atoms with Crippen molar-refractivity contribution in [2.24, 2.45) is 0 Å². The van der Waals surface area contributed by atoms with Crippen molar-refractivity contribution in [1.29, 1.82) is 0 Å². The molecule has 6 nitrogen and oxygen atoms in total. The number of carbonyl (C=O) groups excluding carboxylic acids is 3. The van der Waals surface area contributed by atoms with E-state index in [0.29, 0.717) is 19.3 Å². The maximum Gasteiger partial charge on any atom is 0.306 e. The molecule has 0 aromatic carbocycles. The highest BCUT2D eigenvalue weighted by Gasteiger charge is 2.19. The summed E-state index contributed by atoms with van der Waals surface area (Å²) in [7, 11) is 0. The van der Waals surface area contributed by atoms with Gasteiger partial charge in [-0.1, -0.05) is 233 Å². The molecule has 0 aromatic rings. The third-order valence-corrected chi connectivity index (χ3v) is 10.9. The van der Waals surface area contributed by atoms with E-state index in [1.165, 1.54) is 173 Å². The van der Waals surface area contributed by atoms with Crippen molar-refractivity contribution in [3.05, 3.63) is 0 Å². The first-order valence-electron chi connectivity index (χ1n) is 24.0. The smallest absolute Gasteiger partial charge is 0.306 e. The van der Waals surface area contributed by atoms with Gasteiger partial charge in [0, 0.05) is 19.3 Å². The summed E-state index contributed by atoms with van der Waals surface area (Å²) in [5, 5.41) is 0. The first-order valence-corrected chi connectivity index (χ1v) is 24.0. The molecule has 1 atom stereocenters. The molecule has 0 amide bonds. The maximum atomic E-state index is 12.7. The molecule has 0 rings (SSSR count). The second kappa shape index (κ2) is 44.1. The Bertz CT molecular complexity index is 798. The van der Waals surface area contributed by atoms with Crippen molar-refractivity contribution in [2.45, 2.75) is 277 Å². The van der Waals surface area contributed by atoms with Gasteiger partial charge in [0.2, 0.25) is 0 Å². The normalized spacial score (nSPS) is 11.8. The lowest BCUT2D eigenvalue weighted by atomic mass is 10.0. The Morgan fingerprint density at radius 2 is 0.500 bits per heavy atom. The molecule has 0 saturated carbocycles. The van der Waals surface area contributed by atoms with Crippen LogP contribution in [0.25, 0.3) is 0 Å². The van der Waals surface area contributed by atoms with Crippen molar-refractivity contribution >= 4 is 17.9 Å². The molecule has 0 fully saturated rings. The molecule has 54 heavy (non-hydrogen) atoms. The number of unbranched alkanes of at least 4 members (excludes halogenated alkanes) is 33. The Balaban J connectivity index is 4.30. The van der Waals surface area contributed by atoms with Gasteiger partial charge in [0.15, 0.2) is 6.10 Å². The van der Waals surface area contributed by atoms with E-state index in [9.17, 15) is 14.4 Å². The molecule has 320 valence electrons. The molecule has 0 aromatic heterocycles. The van der Waals surface area contributed by atoms with Crippen LogP contribution < -0.4 is 0 Å². The Morgan fingerprint density at radius 3 is 0.741 bits per heavy atom. The summed E-state index contributed by atoms with van der Waals surface area (Å²) in [6.45, 7) is 6.65. The molecule has 0 saturated heterocycles. The second-order valence-electron chi connectivity index (χ2n) is 16.4. The fourth-order valence-electron chi connectivity index (χ4n) is 7.21. The standard InChI is InChI=1S/C48H92O6/c1-4-7-10-13-16-19-22-24-25-27-29-32-35-38-41-47(50)53-44-45(43-52-46(49)40-37-34-31-28-21-18-15-12-9-6-3)54-48(51)42-39-36-33-30-26-23-20-17-14-11-8-5-2/h45H,4-44H2,1-3H3/t45-/m1/s1. The van der Waals surface area contributed by atoms with Crippen LogP contribution in [-0.2, 0) is 28.6 Å². The van der Waals surface area contributed by atoms with Crippen LogP contribution in [0.2, 0.25) is 0 Å². The number of hydrogen-bond donors (Lipinski definition) is 0. The molecule has 0 unspecified atom stereocenters. The fraction of sp³-hybridized carbons (Fsp3) is 0.938. The van der Waals surface area contributed by atoms with E-state index in [1.54, 1.807) is 0 Å². The van der Waals surface area contributed by atoms with Gasteiger partial charge in [0.05, 0.1) is 0 Å². The summed E-state index contributed by atoms with van der Waals surface area (Å²) < 4.78 is 16.7. The summed E-state index contributed by atoms with van der Waals surface area (Å²) in [5.41, 5.74) is 0. The van der Waals surface area contributed by atoms with E-state index in [0.717, 1.165) is 57.8 Å².